The highest BCUT2D eigenvalue weighted by atomic mass is 35.5. The Hall–Kier alpha value is -0.970. The second-order valence-corrected chi connectivity index (χ2v) is 6.10. The Labute approximate surface area is 121 Å². The van der Waals surface area contributed by atoms with Crippen molar-refractivity contribution in [3.05, 3.63) is 39.6 Å². The summed E-state index contributed by atoms with van der Waals surface area (Å²) in [5, 5.41) is 3.94. The van der Waals surface area contributed by atoms with Gasteiger partial charge in [0.25, 0.3) is 0 Å². The molecule has 0 bridgehead atoms. The smallest absolute Gasteiger partial charge is 0.152 e. The molecule has 0 aliphatic rings. The van der Waals surface area contributed by atoms with Gasteiger partial charge in [-0.1, -0.05) is 31.5 Å². The van der Waals surface area contributed by atoms with Crippen LogP contribution in [0.1, 0.15) is 30.3 Å². The highest BCUT2D eigenvalue weighted by Gasteiger charge is 2.17. The minimum absolute atomic E-state index is 0.133. The molecule has 102 valence electrons. The number of thiazole rings is 1. The summed E-state index contributed by atoms with van der Waals surface area (Å²) in [7, 11) is 1.89. The van der Waals surface area contributed by atoms with Crippen molar-refractivity contribution in [3.63, 3.8) is 0 Å². The largest absolute Gasteiger partial charge is 0.315 e. The van der Waals surface area contributed by atoms with Crippen molar-refractivity contribution in [2.45, 2.75) is 26.3 Å². The predicted octanol–water partition coefficient (Wildman–Crippen LogP) is 4.45. The summed E-state index contributed by atoms with van der Waals surface area (Å²) in [6, 6.07) is 5.01. The Morgan fingerprint density at radius 1 is 1.42 bits per heavy atom. The molecule has 2 aromatic rings. The molecule has 0 atom stereocenters. The maximum absolute atomic E-state index is 14.0. The van der Waals surface area contributed by atoms with Crippen LogP contribution in [0.3, 0.4) is 0 Å². The van der Waals surface area contributed by atoms with Gasteiger partial charge in [-0.25, -0.2) is 9.37 Å². The van der Waals surface area contributed by atoms with Crippen LogP contribution < -0.4 is 5.32 Å². The highest BCUT2D eigenvalue weighted by Crippen LogP contribution is 2.34. The second kappa shape index (κ2) is 5.99. The van der Waals surface area contributed by atoms with E-state index in [4.69, 9.17) is 11.6 Å². The fourth-order valence-corrected chi connectivity index (χ4v) is 3.31. The average Bonchev–Trinajstić information content (AvgIpc) is 2.77. The molecule has 1 heterocycles. The number of aromatic nitrogens is 1. The monoisotopic (exact) mass is 298 g/mol. The Bertz CT molecular complexity index is 581. The summed E-state index contributed by atoms with van der Waals surface area (Å²) < 4.78 is 14.0. The van der Waals surface area contributed by atoms with Crippen molar-refractivity contribution in [3.8, 4) is 10.6 Å². The molecule has 0 amide bonds. The van der Waals surface area contributed by atoms with Crippen LogP contribution in [0, 0.1) is 5.82 Å². The molecule has 0 aliphatic heterocycles. The third kappa shape index (κ3) is 2.96. The predicted molar refractivity (Wildman–Crippen MR) is 79.4 cm³/mol. The Balaban J connectivity index is 2.51. The normalized spacial score (nSPS) is 11.3. The quantitative estimate of drug-likeness (QED) is 0.902. The molecule has 0 aliphatic carbocycles. The van der Waals surface area contributed by atoms with Gasteiger partial charge in [0.1, 0.15) is 5.01 Å². The van der Waals surface area contributed by atoms with E-state index < -0.39 is 5.82 Å². The molecule has 0 spiro atoms. The number of nitrogens with zero attached hydrogens (tertiary/aromatic N) is 1. The van der Waals surface area contributed by atoms with Gasteiger partial charge in [-0.05, 0) is 25.1 Å². The van der Waals surface area contributed by atoms with Crippen LogP contribution in [0.5, 0.6) is 0 Å². The van der Waals surface area contributed by atoms with Crippen LogP contribution >= 0.6 is 22.9 Å². The van der Waals surface area contributed by atoms with Crippen molar-refractivity contribution in [1.29, 1.82) is 0 Å². The van der Waals surface area contributed by atoms with E-state index in [0.717, 1.165) is 17.1 Å². The molecule has 2 rings (SSSR count). The lowest BCUT2D eigenvalue weighted by atomic mass is 10.1. The summed E-state index contributed by atoms with van der Waals surface area (Å²) in [6.07, 6.45) is 0. The van der Waals surface area contributed by atoms with Gasteiger partial charge >= 0.3 is 0 Å². The molecular weight excluding hydrogens is 283 g/mol. The van der Waals surface area contributed by atoms with Crippen molar-refractivity contribution in [2.24, 2.45) is 0 Å². The zero-order chi connectivity index (χ0) is 14.0. The van der Waals surface area contributed by atoms with E-state index in [2.05, 4.69) is 24.1 Å². The minimum Gasteiger partial charge on any atom is -0.315 e. The summed E-state index contributed by atoms with van der Waals surface area (Å²) in [4.78, 5) is 5.73. The number of halogens is 2. The van der Waals surface area contributed by atoms with Gasteiger partial charge < -0.3 is 5.32 Å². The van der Waals surface area contributed by atoms with Crippen LogP contribution in [0.25, 0.3) is 10.6 Å². The van der Waals surface area contributed by atoms with E-state index in [1.54, 1.807) is 18.2 Å². The van der Waals surface area contributed by atoms with Crippen molar-refractivity contribution in [1.82, 2.24) is 10.3 Å². The molecule has 0 unspecified atom stereocenters. The third-order valence-corrected chi connectivity index (χ3v) is 4.19. The zero-order valence-electron chi connectivity index (χ0n) is 11.1. The zero-order valence-corrected chi connectivity index (χ0v) is 12.7. The molecule has 0 saturated heterocycles. The van der Waals surface area contributed by atoms with E-state index in [1.807, 2.05) is 7.05 Å². The van der Waals surface area contributed by atoms with E-state index in [0.29, 0.717) is 16.5 Å². The maximum atomic E-state index is 14.0. The fourth-order valence-electron chi connectivity index (χ4n) is 1.89. The lowest BCUT2D eigenvalue weighted by Gasteiger charge is -2.03. The van der Waals surface area contributed by atoms with Crippen LogP contribution in [0.15, 0.2) is 18.2 Å². The molecule has 1 N–H and O–H groups in total. The molecule has 1 aromatic carbocycles. The van der Waals surface area contributed by atoms with Gasteiger partial charge in [-0.3, -0.25) is 0 Å². The first-order valence-electron chi connectivity index (χ1n) is 6.13. The lowest BCUT2D eigenvalue weighted by molar-refractivity contribution is 0.631. The first-order chi connectivity index (χ1) is 9.04. The maximum Gasteiger partial charge on any atom is 0.152 e. The standard InChI is InChI=1S/C14H16ClFN2S/c1-8(2)13-11(7-17-3)19-14(18-13)9-5-4-6-10(15)12(9)16/h4-6,8,17H,7H2,1-3H3. The van der Waals surface area contributed by atoms with Gasteiger partial charge in [0.2, 0.25) is 0 Å². The number of nitrogens with one attached hydrogen (secondary N) is 1. The van der Waals surface area contributed by atoms with Crippen molar-refractivity contribution in [2.75, 3.05) is 7.05 Å². The van der Waals surface area contributed by atoms with Crippen molar-refractivity contribution < 1.29 is 4.39 Å². The highest BCUT2D eigenvalue weighted by molar-refractivity contribution is 7.15. The Kier molecular flexibility index (Phi) is 4.55. The van der Waals surface area contributed by atoms with Gasteiger partial charge in [0.15, 0.2) is 5.82 Å². The molecule has 2 nitrogen and oxygen atoms in total. The third-order valence-electron chi connectivity index (χ3n) is 2.79. The van der Waals surface area contributed by atoms with Gasteiger partial charge in [0.05, 0.1) is 10.7 Å². The van der Waals surface area contributed by atoms with Gasteiger partial charge in [-0.2, -0.15) is 0 Å². The fraction of sp³-hybridized carbons (Fsp3) is 0.357. The number of hydrogen-bond acceptors (Lipinski definition) is 3. The summed E-state index contributed by atoms with van der Waals surface area (Å²) in [6.45, 7) is 4.92. The molecular formula is C14H16ClFN2S. The SMILES string of the molecule is CNCc1sc(-c2cccc(Cl)c2F)nc1C(C)C. The molecule has 19 heavy (non-hydrogen) atoms. The molecule has 0 fully saturated rings. The van der Waals surface area contributed by atoms with Crippen molar-refractivity contribution >= 4 is 22.9 Å². The number of rotatable bonds is 4. The van der Waals surface area contributed by atoms with Gasteiger partial charge in [0, 0.05) is 17.0 Å². The van der Waals surface area contributed by atoms with Crippen LogP contribution in [-0.4, -0.2) is 12.0 Å². The summed E-state index contributed by atoms with van der Waals surface area (Å²) in [5.74, 6) is -0.0835. The number of benzene rings is 1. The topological polar surface area (TPSA) is 24.9 Å². The number of hydrogen-bond donors (Lipinski definition) is 1. The second-order valence-electron chi connectivity index (χ2n) is 4.61. The molecule has 1 aromatic heterocycles. The van der Waals surface area contributed by atoms with E-state index in [9.17, 15) is 4.39 Å². The molecule has 0 radical (unpaired) electrons. The Morgan fingerprint density at radius 2 is 2.16 bits per heavy atom. The lowest BCUT2D eigenvalue weighted by Crippen LogP contribution is -2.06. The minimum atomic E-state index is -0.399. The summed E-state index contributed by atoms with van der Waals surface area (Å²) in [5.41, 5.74) is 1.50. The first kappa shape index (κ1) is 14.4. The first-order valence-corrected chi connectivity index (χ1v) is 7.32. The van der Waals surface area contributed by atoms with Crippen LogP contribution in [-0.2, 0) is 6.54 Å². The molecule has 0 saturated carbocycles. The molecule has 5 heteroatoms. The average molecular weight is 299 g/mol. The van der Waals surface area contributed by atoms with E-state index in [1.165, 1.54) is 11.3 Å². The van der Waals surface area contributed by atoms with E-state index in [-0.39, 0.29) is 5.02 Å². The van der Waals surface area contributed by atoms with Gasteiger partial charge in [-0.15, -0.1) is 11.3 Å². The van der Waals surface area contributed by atoms with E-state index >= 15 is 0 Å². The Morgan fingerprint density at radius 3 is 2.79 bits per heavy atom. The summed E-state index contributed by atoms with van der Waals surface area (Å²) >= 11 is 7.34. The van der Waals surface area contributed by atoms with Crippen LogP contribution in [0.4, 0.5) is 4.39 Å². The van der Waals surface area contributed by atoms with Crippen LogP contribution in [0.2, 0.25) is 5.02 Å².